The van der Waals surface area contributed by atoms with Crippen molar-refractivity contribution in [3.8, 4) is 0 Å². The first-order valence-electron chi connectivity index (χ1n) is 8.50. The van der Waals surface area contributed by atoms with Gasteiger partial charge in [-0.25, -0.2) is 0 Å². The molecule has 2 unspecified atom stereocenters. The van der Waals surface area contributed by atoms with Crippen molar-refractivity contribution in [2.75, 3.05) is 0 Å². The highest BCUT2D eigenvalue weighted by Gasteiger charge is 2.08. The summed E-state index contributed by atoms with van der Waals surface area (Å²) in [4.78, 5) is 0. The lowest BCUT2D eigenvalue weighted by atomic mass is 9.90. The molecular weight excluding hydrogens is 240 g/mol. The van der Waals surface area contributed by atoms with Gasteiger partial charge in [0.15, 0.2) is 0 Å². The minimum Gasteiger partial charge on any atom is -0.103 e. The normalized spacial score (nSPS) is 14.9. The lowest BCUT2D eigenvalue weighted by Gasteiger charge is -2.16. The highest BCUT2D eigenvalue weighted by Crippen LogP contribution is 2.24. The summed E-state index contributed by atoms with van der Waals surface area (Å²) in [7, 11) is 0. The zero-order chi connectivity index (χ0) is 15.4. The van der Waals surface area contributed by atoms with E-state index in [1.165, 1.54) is 50.5 Å². The summed E-state index contributed by atoms with van der Waals surface area (Å²) in [5, 5.41) is 0. The van der Waals surface area contributed by atoms with Crippen LogP contribution in [0.3, 0.4) is 0 Å². The molecule has 0 aromatic heterocycles. The molecule has 0 amide bonds. The SMILES string of the molecule is C=CCC(C)CC(=CC(C)CCC)CCC(=C)CCC. The van der Waals surface area contributed by atoms with Gasteiger partial charge in [-0.1, -0.05) is 70.4 Å². The number of hydrogen-bond donors (Lipinski definition) is 0. The fourth-order valence-corrected chi connectivity index (χ4v) is 2.83. The van der Waals surface area contributed by atoms with Crippen LogP contribution in [0.2, 0.25) is 0 Å². The van der Waals surface area contributed by atoms with Gasteiger partial charge in [-0.2, -0.15) is 0 Å². The number of allylic oxidation sites excluding steroid dienone is 4. The predicted octanol–water partition coefficient (Wildman–Crippen LogP) is 7.09. The Morgan fingerprint density at radius 1 is 1.05 bits per heavy atom. The molecule has 0 aliphatic heterocycles. The van der Waals surface area contributed by atoms with E-state index < -0.39 is 0 Å². The summed E-state index contributed by atoms with van der Waals surface area (Å²) in [6, 6.07) is 0. The van der Waals surface area contributed by atoms with E-state index in [0.717, 1.165) is 6.42 Å². The first kappa shape index (κ1) is 19.2. The van der Waals surface area contributed by atoms with Crippen LogP contribution in [0.25, 0.3) is 0 Å². The second kappa shape index (κ2) is 12.0. The molecule has 0 N–H and O–H groups in total. The van der Waals surface area contributed by atoms with Gasteiger partial charge in [0.2, 0.25) is 0 Å². The van der Waals surface area contributed by atoms with E-state index in [1.54, 1.807) is 5.57 Å². The van der Waals surface area contributed by atoms with Crippen LogP contribution in [0.5, 0.6) is 0 Å². The predicted molar refractivity (Wildman–Crippen MR) is 94.0 cm³/mol. The minimum atomic E-state index is 0.713. The summed E-state index contributed by atoms with van der Waals surface area (Å²) in [5.41, 5.74) is 3.05. The smallest absolute Gasteiger partial charge is 0.0259 e. The monoisotopic (exact) mass is 276 g/mol. The maximum absolute atomic E-state index is 4.20. The third-order valence-electron chi connectivity index (χ3n) is 3.85. The van der Waals surface area contributed by atoms with Crippen molar-refractivity contribution in [1.82, 2.24) is 0 Å². The van der Waals surface area contributed by atoms with E-state index in [4.69, 9.17) is 0 Å². The average Bonchev–Trinajstić information content (AvgIpc) is 2.37. The summed E-state index contributed by atoms with van der Waals surface area (Å²) in [5.74, 6) is 1.43. The highest BCUT2D eigenvalue weighted by molar-refractivity contribution is 5.09. The van der Waals surface area contributed by atoms with Gasteiger partial charge in [0, 0.05) is 0 Å². The van der Waals surface area contributed by atoms with Gasteiger partial charge in [-0.15, -0.1) is 6.58 Å². The van der Waals surface area contributed by atoms with Gasteiger partial charge in [0.25, 0.3) is 0 Å². The third kappa shape index (κ3) is 10.1. The zero-order valence-electron chi connectivity index (χ0n) is 14.4. The first-order chi connectivity index (χ1) is 9.53. The van der Waals surface area contributed by atoms with Crippen molar-refractivity contribution < 1.29 is 0 Å². The molecule has 0 saturated heterocycles. The molecule has 0 saturated carbocycles. The van der Waals surface area contributed by atoms with E-state index in [2.05, 4.69) is 46.9 Å². The molecule has 0 heteroatoms. The summed E-state index contributed by atoms with van der Waals surface area (Å²) in [6.07, 6.45) is 14.3. The molecular formula is C20H36. The molecule has 116 valence electrons. The van der Waals surface area contributed by atoms with Gasteiger partial charge < -0.3 is 0 Å². The molecule has 0 aliphatic carbocycles. The molecule has 0 fully saturated rings. The van der Waals surface area contributed by atoms with Gasteiger partial charge >= 0.3 is 0 Å². The third-order valence-corrected chi connectivity index (χ3v) is 3.85. The van der Waals surface area contributed by atoms with E-state index in [0.29, 0.717) is 11.8 Å². The van der Waals surface area contributed by atoms with Gasteiger partial charge in [-0.3, -0.25) is 0 Å². The van der Waals surface area contributed by atoms with Crippen molar-refractivity contribution in [1.29, 1.82) is 0 Å². The van der Waals surface area contributed by atoms with E-state index in [9.17, 15) is 0 Å². The largest absolute Gasteiger partial charge is 0.103 e. The van der Waals surface area contributed by atoms with Crippen LogP contribution in [0, 0.1) is 11.8 Å². The summed E-state index contributed by atoms with van der Waals surface area (Å²) < 4.78 is 0. The fourth-order valence-electron chi connectivity index (χ4n) is 2.83. The number of hydrogen-bond acceptors (Lipinski definition) is 0. The second-order valence-electron chi connectivity index (χ2n) is 6.42. The summed E-state index contributed by atoms with van der Waals surface area (Å²) in [6.45, 7) is 17.3. The molecule has 0 heterocycles. The Labute approximate surface area is 128 Å². The molecule has 0 aromatic rings. The van der Waals surface area contributed by atoms with Gasteiger partial charge in [0.1, 0.15) is 0 Å². The van der Waals surface area contributed by atoms with Crippen molar-refractivity contribution in [3.63, 3.8) is 0 Å². The lowest BCUT2D eigenvalue weighted by molar-refractivity contribution is 0.559. The first-order valence-corrected chi connectivity index (χ1v) is 8.50. The van der Waals surface area contributed by atoms with Gasteiger partial charge in [0.05, 0.1) is 0 Å². The summed E-state index contributed by atoms with van der Waals surface area (Å²) >= 11 is 0. The Morgan fingerprint density at radius 3 is 2.30 bits per heavy atom. The van der Waals surface area contributed by atoms with Crippen molar-refractivity contribution >= 4 is 0 Å². The van der Waals surface area contributed by atoms with Crippen LogP contribution in [-0.4, -0.2) is 0 Å². The van der Waals surface area contributed by atoms with Crippen molar-refractivity contribution in [2.24, 2.45) is 11.8 Å². The Morgan fingerprint density at radius 2 is 1.75 bits per heavy atom. The van der Waals surface area contributed by atoms with E-state index in [1.807, 2.05) is 6.08 Å². The van der Waals surface area contributed by atoms with Gasteiger partial charge in [-0.05, 0) is 50.4 Å². The van der Waals surface area contributed by atoms with E-state index in [-0.39, 0.29) is 0 Å². The Bertz CT molecular complexity index is 295. The Hall–Kier alpha value is -0.780. The average molecular weight is 277 g/mol. The van der Waals surface area contributed by atoms with Crippen LogP contribution in [-0.2, 0) is 0 Å². The maximum atomic E-state index is 4.20. The molecule has 20 heavy (non-hydrogen) atoms. The maximum Gasteiger partial charge on any atom is -0.0259 e. The van der Waals surface area contributed by atoms with Crippen LogP contribution in [0.1, 0.15) is 79.1 Å². The van der Waals surface area contributed by atoms with Crippen LogP contribution < -0.4 is 0 Å². The van der Waals surface area contributed by atoms with Crippen molar-refractivity contribution in [3.05, 3.63) is 36.5 Å². The Kier molecular flexibility index (Phi) is 11.5. The van der Waals surface area contributed by atoms with Crippen LogP contribution in [0.15, 0.2) is 36.5 Å². The van der Waals surface area contributed by atoms with Crippen LogP contribution in [0.4, 0.5) is 0 Å². The molecule has 2 atom stereocenters. The van der Waals surface area contributed by atoms with Crippen LogP contribution >= 0.6 is 0 Å². The molecule has 0 aromatic carbocycles. The molecule has 0 nitrogen and oxygen atoms in total. The standard InChI is InChI=1S/C20H36/c1-7-10-17(4)13-14-20(15-18(5)11-8-2)16-19(6)12-9-3/h8,16,18-19H,2,4,7,9-15H2,1,3,5-6H3. The molecule has 0 aliphatic rings. The Balaban J connectivity index is 4.52. The number of rotatable bonds is 12. The lowest BCUT2D eigenvalue weighted by Crippen LogP contribution is -2.00. The minimum absolute atomic E-state index is 0.713. The van der Waals surface area contributed by atoms with Crippen molar-refractivity contribution in [2.45, 2.75) is 79.1 Å². The fraction of sp³-hybridized carbons (Fsp3) is 0.700. The van der Waals surface area contributed by atoms with E-state index >= 15 is 0 Å². The quantitative estimate of drug-likeness (QED) is 0.334. The zero-order valence-corrected chi connectivity index (χ0v) is 14.4. The molecule has 0 rings (SSSR count). The topological polar surface area (TPSA) is 0 Å². The molecule has 0 bridgehead atoms. The highest BCUT2D eigenvalue weighted by atomic mass is 14.1. The second-order valence-corrected chi connectivity index (χ2v) is 6.42. The molecule has 0 radical (unpaired) electrons. The molecule has 0 spiro atoms.